The van der Waals surface area contributed by atoms with Crippen LogP contribution >= 0.6 is 0 Å². The van der Waals surface area contributed by atoms with Gasteiger partial charge in [0.15, 0.2) is 5.03 Å². The van der Waals surface area contributed by atoms with Crippen molar-refractivity contribution in [2.24, 2.45) is 0 Å². The molecule has 0 saturated heterocycles. The quantitative estimate of drug-likeness (QED) is 0.853. The third-order valence-electron chi connectivity index (χ3n) is 2.74. The molecule has 0 bridgehead atoms. The van der Waals surface area contributed by atoms with Crippen LogP contribution in [0.5, 0.6) is 0 Å². The average molecular weight is 276 g/mol. The largest absolute Gasteiger partial charge is 0.284 e. The van der Waals surface area contributed by atoms with E-state index in [4.69, 9.17) is 0 Å². The van der Waals surface area contributed by atoms with Crippen LogP contribution in [0.1, 0.15) is 12.5 Å². The highest BCUT2D eigenvalue weighted by molar-refractivity contribution is 7.91. The summed E-state index contributed by atoms with van der Waals surface area (Å²) >= 11 is 0. The van der Waals surface area contributed by atoms with E-state index in [0.29, 0.717) is 0 Å². The molecule has 0 saturated carbocycles. The van der Waals surface area contributed by atoms with Crippen LogP contribution in [0, 0.1) is 0 Å². The van der Waals surface area contributed by atoms with Gasteiger partial charge >= 0.3 is 0 Å². The molecular formula is C14H16N2O2S. The van der Waals surface area contributed by atoms with Crippen LogP contribution in [0.2, 0.25) is 0 Å². The number of nitrogens with one attached hydrogen (secondary N) is 1. The van der Waals surface area contributed by atoms with E-state index in [0.717, 1.165) is 12.0 Å². The van der Waals surface area contributed by atoms with Crippen LogP contribution < -0.4 is 0 Å². The Morgan fingerprint density at radius 1 is 1.26 bits per heavy atom. The molecule has 0 aliphatic carbocycles. The van der Waals surface area contributed by atoms with Crippen LogP contribution in [-0.2, 0) is 16.3 Å². The third-order valence-corrected chi connectivity index (χ3v) is 4.44. The molecule has 1 aromatic heterocycles. The van der Waals surface area contributed by atoms with Crippen LogP contribution in [0.15, 0.2) is 59.3 Å². The van der Waals surface area contributed by atoms with Gasteiger partial charge in [0.05, 0.1) is 5.75 Å². The van der Waals surface area contributed by atoms with Crippen LogP contribution in [0.4, 0.5) is 0 Å². The minimum atomic E-state index is -3.33. The molecule has 0 radical (unpaired) electrons. The number of allylic oxidation sites excluding steroid dienone is 1. The minimum Gasteiger partial charge on any atom is -0.284 e. The summed E-state index contributed by atoms with van der Waals surface area (Å²) in [5, 5.41) is 6.33. The first-order valence-corrected chi connectivity index (χ1v) is 7.65. The van der Waals surface area contributed by atoms with Gasteiger partial charge in [0.1, 0.15) is 0 Å². The number of hydrogen-bond donors (Lipinski definition) is 1. The summed E-state index contributed by atoms with van der Waals surface area (Å²) in [4.78, 5) is 0. The highest BCUT2D eigenvalue weighted by atomic mass is 32.2. The van der Waals surface area contributed by atoms with Crippen LogP contribution in [0.25, 0.3) is 0 Å². The lowest BCUT2D eigenvalue weighted by atomic mass is 10.1. The Bertz CT molecular complexity index is 644. The van der Waals surface area contributed by atoms with E-state index >= 15 is 0 Å². The highest BCUT2D eigenvalue weighted by Gasteiger charge is 2.16. The second-order valence-corrected chi connectivity index (χ2v) is 6.35. The smallest absolute Gasteiger partial charge is 0.201 e. The molecule has 1 aromatic carbocycles. The second-order valence-electron chi connectivity index (χ2n) is 4.41. The van der Waals surface area contributed by atoms with E-state index in [9.17, 15) is 8.42 Å². The van der Waals surface area contributed by atoms with Crippen LogP contribution in [0.3, 0.4) is 0 Å². The summed E-state index contributed by atoms with van der Waals surface area (Å²) in [6, 6.07) is 11.4. The van der Waals surface area contributed by atoms with Gasteiger partial charge in [-0.15, -0.1) is 0 Å². The normalized spacial score (nSPS) is 12.6. The van der Waals surface area contributed by atoms with Crippen molar-refractivity contribution in [3.8, 4) is 0 Å². The average Bonchev–Trinajstić information content (AvgIpc) is 2.92. The van der Waals surface area contributed by atoms with Crippen molar-refractivity contribution in [3.05, 3.63) is 59.8 Å². The van der Waals surface area contributed by atoms with Crippen molar-refractivity contribution in [2.45, 2.75) is 18.4 Å². The standard InChI is InChI=1S/C14H16N2O2S/c1-12(7-8-13-5-3-2-4-6-13)11-19(17,18)14-9-10-15-16-14/h2-7,9-10H,8,11H2,1H3,(H,15,16). The van der Waals surface area contributed by atoms with Crippen molar-refractivity contribution < 1.29 is 8.42 Å². The Balaban J connectivity index is 2.03. The number of benzene rings is 1. The molecule has 0 spiro atoms. The van der Waals surface area contributed by atoms with Crippen molar-refractivity contribution in [2.75, 3.05) is 5.75 Å². The topological polar surface area (TPSA) is 62.8 Å². The number of nitrogens with zero attached hydrogens (tertiary/aromatic N) is 1. The maximum atomic E-state index is 12.0. The minimum absolute atomic E-state index is 0.00465. The molecule has 0 aliphatic rings. The fourth-order valence-corrected chi connectivity index (χ4v) is 3.09. The zero-order valence-electron chi connectivity index (χ0n) is 10.7. The molecule has 0 fully saturated rings. The van der Waals surface area contributed by atoms with Crippen molar-refractivity contribution >= 4 is 9.84 Å². The Kier molecular flexibility index (Phi) is 4.16. The molecule has 100 valence electrons. The molecule has 2 aromatic rings. The molecule has 0 aliphatic heterocycles. The molecule has 1 N–H and O–H groups in total. The molecule has 5 heteroatoms. The van der Waals surface area contributed by atoms with E-state index in [-0.39, 0.29) is 10.8 Å². The number of hydrogen-bond acceptors (Lipinski definition) is 3. The maximum Gasteiger partial charge on any atom is 0.201 e. The summed E-state index contributed by atoms with van der Waals surface area (Å²) in [5.74, 6) is 0.00465. The summed E-state index contributed by atoms with van der Waals surface area (Å²) in [6.45, 7) is 1.83. The molecule has 19 heavy (non-hydrogen) atoms. The first kappa shape index (κ1) is 13.5. The van der Waals surface area contributed by atoms with Gasteiger partial charge in [0, 0.05) is 6.20 Å². The van der Waals surface area contributed by atoms with Gasteiger partial charge < -0.3 is 0 Å². The van der Waals surface area contributed by atoms with Gasteiger partial charge in [0.25, 0.3) is 0 Å². The lowest BCUT2D eigenvalue weighted by Gasteiger charge is -2.02. The van der Waals surface area contributed by atoms with E-state index in [1.165, 1.54) is 17.8 Å². The first-order chi connectivity index (χ1) is 9.08. The Morgan fingerprint density at radius 3 is 2.63 bits per heavy atom. The van der Waals surface area contributed by atoms with Crippen molar-refractivity contribution in [1.29, 1.82) is 0 Å². The second kappa shape index (κ2) is 5.84. The summed E-state index contributed by atoms with van der Waals surface area (Å²) in [7, 11) is -3.33. The van der Waals surface area contributed by atoms with Crippen molar-refractivity contribution in [3.63, 3.8) is 0 Å². The number of rotatable bonds is 5. The van der Waals surface area contributed by atoms with Crippen molar-refractivity contribution in [1.82, 2.24) is 10.2 Å². The van der Waals surface area contributed by atoms with E-state index < -0.39 is 9.84 Å². The highest BCUT2D eigenvalue weighted by Crippen LogP contribution is 2.11. The van der Waals surface area contributed by atoms with E-state index in [1.54, 1.807) is 0 Å². The number of aromatic nitrogens is 2. The van der Waals surface area contributed by atoms with Gasteiger partial charge in [-0.25, -0.2) is 8.42 Å². The summed E-state index contributed by atoms with van der Waals surface area (Å²) in [6.07, 6.45) is 4.19. The molecule has 1 heterocycles. The SMILES string of the molecule is CC(=CCc1ccccc1)CS(=O)(=O)c1cc[nH]n1. The van der Waals surface area contributed by atoms with Gasteiger partial charge in [-0.3, -0.25) is 5.10 Å². The Labute approximate surface area is 113 Å². The number of sulfone groups is 1. The number of aromatic amines is 1. The Hall–Kier alpha value is -1.88. The lowest BCUT2D eigenvalue weighted by molar-refractivity contribution is 0.594. The predicted octanol–water partition coefficient (Wildman–Crippen LogP) is 2.37. The summed E-state index contributed by atoms with van der Waals surface area (Å²) < 4.78 is 24.0. The van der Waals surface area contributed by atoms with Crippen LogP contribution in [-0.4, -0.2) is 24.4 Å². The lowest BCUT2D eigenvalue weighted by Crippen LogP contribution is -2.08. The van der Waals surface area contributed by atoms with Gasteiger partial charge in [-0.2, -0.15) is 5.10 Å². The zero-order valence-corrected chi connectivity index (χ0v) is 11.5. The van der Waals surface area contributed by atoms with E-state index in [2.05, 4.69) is 10.2 Å². The molecule has 2 rings (SSSR count). The zero-order chi connectivity index (χ0) is 13.7. The van der Waals surface area contributed by atoms with Gasteiger partial charge in [0.2, 0.25) is 9.84 Å². The van der Waals surface area contributed by atoms with Gasteiger partial charge in [-0.1, -0.05) is 42.0 Å². The molecule has 4 nitrogen and oxygen atoms in total. The maximum absolute atomic E-state index is 12.0. The molecule has 0 unspecified atom stereocenters. The fourth-order valence-electron chi connectivity index (χ4n) is 1.76. The molecule has 0 atom stereocenters. The predicted molar refractivity (Wildman–Crippen MR) is 74.5 cm³/mol. The fraction of sp³-hybridized carbons (Fsp3) is 0.214. The first-order valence-electron chi connectivity index (χ1n) is 6.00. The van der Waals surface area contributed by atoms with E-state index in [1.807, 2.05) is 43.3 Å². The summed E-state index contributed by atoms with van der Waals surface area (Å²) in [5.41, 5.74) is 1.99. The number of H-pyrrole nitrogens is 1. The Morgan fingerprint density at radius 2 is 2.00 bits per heavy atom. The molecule has 0 amide bonds. The molecular weight excluding hydrogens is 260 g/mol. The third kappa shape index (κ3) is 3.79. The monoisotopic (exact) mass is 276 g/mol. The van der Waals surface area contributed by atoms with Gasteiger partial charge in [-0.05, 0) is 25.0 Å².